The number of nitriles is 1. The third-order valence-electron chi connectivity index (χ3n) is 5.50. The number of rotatable bonds is 4. The van der Waals surface area contributed by atoms with Gasteiger partial charge in [0.05, 0.1) is 23.8 Å². The van der Waals surface area contributed by atoms with Crippen LogP contribution >= 0.6 is 0 Å². The molecular weight excluding hydrogens is 372 g/mol. The number of hydrogen-bond acceptors (Lipinski definition) is 3. The number of H-pyrrole nitrogens is 1. The van der Waals surface area contributed by atoms with Gasteiger partial charge in [0.25, 0.3) is 5.91 Å². The Morgan fingerprint density at radius 3 is 2.67 bits per heavy atom. The molecule has 0 spiro atoms. The van der Waals surface area contributed by atoms with E-state index in [2.05, 4.69) is 22.8 Å². The maximum atomic E-state index is 12.8. The standard InChI is InChI=1S/C25H18N4O/c1-16(13-26)14-29-15-22-19(8-5-9-20(22)25(29)30)18-10-11-23-21(12-18)24(28-27-23)17-6-3-2-4-7-17/h2-12H,1,14-15H2,(H,27,28). The number of aromatic amines is 1. The fourth-order valence-corrected chi connectivity index (χ4v) is 4.05. The molecule has 0 unspecified atom stereocenters. The van der Waals surface area contributed by atoms with Crippen molar-refractivity contribution < 1.29 is 4.79 Å². The molecule has 2 heterocycles. The van der Waals surface area contributed by atoms with Crippen molar-refractivity contribution in [3.63, 3.8) is 0 Å². The molecule has 0 bridgehead atoms. The monoisotopic (exact) mass is 390 g/mol. The topological polar surface area (TPSA) is 72.8 Å². The summed E-state index contributed by atoms with van der Waals surface area (Å²) in [5, 5.41) is 17.7. The molecule has 0 fully saturated rings. The van der Waals surface area contributed by atoms with Gasteiger partial charge in [0.1, 0.15) is 0 Å². The number of nitrogens with one attached hydrogen (secondary N) is 1. The van der Waals surface area contributed by atoms with Gasteiger partial charge < -0.3 is 4.90 Å². The Morgan fingerprint density at radius 2 is 1.87 bits per heavy atom. The molecule has 4 aromatic rings. The number of fused-ring (bicyclic) bond motifs is 2. The van der Waals surface area contributed by atoms with Gasteiger partial charge in [0.15, 0.2) is 0 Å². The molecule has 1 aromatic heterocycles. The Kier molecular flexibility index (Phi) is 4.19. The minimum Gasteiger partial charge on any atom is -0.329 e. The Bertz CT molecular complexity index is 1340. The molecule has 0 saturated heterocycles. The van der Waals surface area contributed by atoms with Crippen molar-refractivity contribution in [2.45, 2.75) is 6.54 Å². The summed E-state index contributed by atoms with van der Waals surface area (Å²) in [6.07, 6.45) is 0. The summed E-state index contributed by atoms with van der Waals surface area (Å²) in [5.41, 5.74) is 7.03. The largest absolute Gasteiger partial charge is 0.329 e. The Morgan fingerprint density at radius 1 is 1.07 bits per heavy atom. The fraction of sp³-hybridized carbons (Fsp3) is 0.0800. The first kappa shape index (κ1) is 17.9. The van der Waals surface area contributed by atoms with E-state index in [1.54, 1.807) is 4.90 Å². The highest BCUT2D eigenvalue weighted by atomic mass is 16.2. The van der Waals surface area contributed by atoms with Crippen molar-refractivity contribution in [2.75, 3.05) is 6.54 Å². The maximum Gasteiger partial charge on any atom is 0.254 e. The summed E-state index contributed by atoms with van der Waals surface area (Å²) >= 11 is 0. The molecule has 5 rings (SSSR count). The van der Waals surface area contributed by atoms with E-state index in [4.69, 9.17) is 5.26 Å². The number of nitrogens with zero attached hydrogens (tertiary/aromatic N) is 3. The van der Waals surface area contributed by atoms with E-state index < -0.39 is 0 Å². The predicted octanol–water partition coefficient (Wildman–Crippen LogP) is 4.93. The SMILES string of the molecule is C=C(C#N)CN1Cc2c(cccc2-c2ccc3[nH]nc(-c4ccccc4)c3c2)C1=O. The highest BCUT2D eigenvalue weighted by molar-refractivity contribution is 6.02. The third kappa shape index (κ3) is 2.87. The Labute approximate surface area is 173 Å². The van der Waals surface area contributed by atoms with Gasteiger partial charge in [0, 0.05) is 28.6 Å². The number of amides is 1. The van der Waals surface area contributed by atoms with E-state index in [1.165, 1.54) is 0 Å². The van der Waals surface area contributed by atoms with Gasteiger partial charge in [-0.1, -0.05) is 55.1 Å². The van der Waals surface area contributed by atoms with E-state index in [0.717, 1.165) is 38.9 Å². The minimum atomic E-state index is -0.0578. The molecule has 1 amide bonds. The van der Waals surface area contributed by atoms with Crippen molar-refractivity contribution in [1.82, 2.24) is 15.1 Å². The number of carbonyl (C=O) groups is 1. The highest BCUT2D eigenvalue weighted by Crippen LogP contribution is 2.35. The maximum absolute atomic E-state index is 12.8. The highest BCUT2D eigenvalue weighted by Gasteiger charge is 2.29. The molecule has 1 N–H and O–H groups in total. The lowest BCUT2D eigenvalue weighted by molar-refractivity contribution is 0.0794. The van der Waals surface area contributed by atoms with E-state index in [9.17, 15) is 4.79 Å². The zero-order chi connectivity index (χ0) is 20.7. The summed E-state index contributed by atoms with van der Waals surface area (Å²) < 4.78 is 0. The van der Waals surface area contributed by atoms with Gasteiger partial charge in [-0.2, -0.15) is 10.4 Å². The normalized spacial score (nSPS) is 12.8. The van der Waals surface area contributed by atoms with Gasteiger partial charge in [-0.15, -0.1) is 0 Å². The predicted molar refractivity (Wildman–Crippen MR) is 116 cm³/mol. The van der Waals surface area contributed by atoms with E-state index in [0.29, 0.717) is 17.7 Å². The van der Waals surface area contributed by atoms with Crippen molar-refractivity contribution in [2.24, 2.45) is 0 Å². The van der Waals surface area contributed by atoms with Crippen LogP contribution in [-0.4, -0.2) is 27.5 Å². The second-order valence-corrected chi connectivity index (χ2v) is 7.41. The van der Waals surface area contributed by atoms with Crippen LogP contribution in [0.1, 0.15) is 15.9 Å². The van der Waals surface area contributed by atoms with Crippen LogP contribution in [0.15, 0.2) is 78.9 Å². The van der Waals surface area contributed by atoms with Crippen molar-refractivity contribution in [3.05, 3.63) is 90.0 Å². The molecular formula is C25H18N4O. The summed E-state index contributed by atoms with van der Waals surface area (Å²) in [6, 6.07) is 24.1. The lowest BCUT2D eigenvalue weighted by atomic mass is 9.95. The molecule has 144 valence electrons. The first-order chi connectivity index (χ1) is 14.7. The molecule has 3 aromatic carbocycles. The Balaban J connectivity index is 1.59. The smallest absolute Gasteiger partial charge is 0.254 e. The zero-order valence-corrected chi connectivity index (χ0v) is 16.2. The molecule has 0 saturated carbocycles. The zero-order valence-electron chi connectivity index (χ0n) is 16.2. The van der Waals surface area contributed by atoms with Crippen LogP contribution in [0.2, 0.25) is 0 Å². The molecule has 0 aliphatic carbocycles. The summed E-state index contributed by atoms with van der Waals surface area (Å²) in [7, 11) is 0. The van der Waals surface area contributed by atoms with Gasteiger partial charge in [-0.05, 0) is 34.9 Å². The van der Waals surface area contributed by atoms with Crippen molar-refractivity contribution >= 4 is 16.8 Å². The second-order valence-electron chi connectivity index (χ2n) is 7.41. The molecule has 1 aliphatic rings. The van der Waals surface area contributed by atoms with E-state index in [-0.39, 0.29) is 12.5 Å². The first-order valence-electron chi connectivity index (χ1n) is 9.68. The molecule has 0 radical (unpaired) electrons. The van der Waals surface area contributed by atoms with Crippen LogP contribution in [0.4, 0.5) is 0 Å². The van der Waals surface area contributed by atoms with E-state index in [1.807, 2.05) is 66.7 Å². The average molecular weight is 390 g/mol. The Hall–Kier alpha value is -4.17. The number of carbonyl (C=O) groups excluding carboxylic acids is 1. The second kappa shape index (κ2) is 7.02. The molecule has 30 heavy (non-hydrogen) atoms. The first-order valence-corrected chi connectivity index (χ1v) is 9.68. The quantitative estimate of drug-likeness (QED) is 0.502. The lowest BCUT2D eigenvalue weighted by Gasteiger charge is -2.14. The minimum absolute atomic E-state index is 0.0578. The molecule has 1 aliphatic heterocycles. The molecule has 0 atom stereocenters. The third-order valence-corrected chi connectivity index (χ3v) is 5.50. The molecule has 5 nitrogen and oxygen atoms in total. The lowest BCUT2D eigenvalue weighted by Crippen LogP contribution is -2.25. The van der Waals surface area contributed by atoms with Gasteiger partial charge in [-0.3, -0.25) is 9.89 Å². The van der Waals surface area contributed by atoms with Crippen LogP contribution < -0.4 is 0 Å². The van der Waals surface area contributed by atoms with Gasteiger partial charge >= 0.3 is 0 Å². The van der Waals surface area contributed by atoms with Crippen LogP contribution in [0, 0.1) is 11.3 Å². The van der Waals surface area contributed by atoms with Crippen LogP contribution in [0.5, 0.6) is 0 Å². The average Bonchev–Trinajstić information content (AvgIpc) is 3.35. The van der Waals surface area contributed by atoms with Crippen LogP contribution in [0.3, 0.4) is 0 Å². The number of aromatic nitrogens is 2. The van der Waals surface area contributed by atoms with Crippen molar-refractivity contribution in [1.29, 1.82) is 5.26 Å². The van der Waals surface area contributed by atoms with Crippen LogP contribution in [0.25, 0.3) is 33.3 Å². The molecule has 5 heteroatoms. The van der Waals surface area contributed by atoms with Crippen LogP contribution in [-0.2, 0) is 6.54 Å². The van der Waals surface area contributed by atoms with Gasteiger partial charge in [0.2, 0.25) is 0 Å². The number of benzene rings is 3. The fourth-order valence-electron chi connectivity index (χ4n) is 4.05. The van der Waals surface area contributed by atoms with Crippen molar-refractivity contribution in [3.8, 4) is 28.5 Å². The summed E-state index contributed by atoms with van der Waals surface area (Å²) in [6.45, 7) is 4.44. The summed E-state index contributed by atoms with van der Waals surface area (Å²) in [5.74, 6) is -0.0578. The van der Waals surface area contributed by atoms with E-state index >= 15 is 0 Å². The summed E-state index contributed by atoms with van der Waals surface area (Å²) in [4.78, 5) is 14.5. The number of hydrogen-bond donors (Lipinski definition) is 1. The van der Waals surface area contributed by atoms with Gasteiger partial charge in [-0.25, -0.2) is 0 Å².